The predicted molar refractivity (Wildman–Crippen MR) is 73.2 cm³/mol. The summed E-state index contributed by atoms with van der Waals surface area (Å²) in [6.07, 6.45) is 1.34. The van der Waals surface area contributed by atoms with Crippen LogP contribution in [0.3, 0.4) is 0 Å². The van der Waals surface area contributed by atoms with Crippen molar-refractivity contribution in [1.29, 1.82) is 0 Å². The Balaban J connectivity index is 1.84. The number of hydrogen-bond acceptors (Lipinski definition) is 4. The lowest BCUT2D eigenvalue weighted by molar-refractivity contribution is -0.121. The largest absolute Gasteiger partial charge is 0.360 e. The summed E-state index contributed by atoms with van der Waals surface area (Å²) < 4.78 is 4.90. The van der Waals surface area contributed by atoms with Gasteiger partial charge in [0.25, 0.3) is 0 Å². The van der Waals surface area contributed by atoms with Gasteiger partial charge in [0, 0.05) is 39.2 Å². The smallest absolute Gasteiger partial charge is 0.319 e. The maximum Gasteiger partial charge on any atom is 0.319 e. The van der Waals surface area contributed by atoms with E-state index in [1.54, 1.807) is 36.9 Å². The Morgan fingerprint density at radius 3 is 2.55 bits per heavy atom. The zero-order valence-electron chi connectivity index (χ0n) is 12.0. The number of carbonyl (C=O) groups excluding carboxylic acids is 2. The number of hydrogen-bond donors (Lipinski definition) is 1. The number of anilines is 1. The van der Waals surface area contributed by atoms with Gasteiger partial charge in [-0.1, -0.05) is 5.16 Å². The molecule has 3 amide bonds. The van der Waals surface area contributed by atoms with Crippen molar-refractivity contribution in [1.82, 2.24) is 15.0 Å². The van der Waals surface area contributed by atoms with Gasteiger partial charge in [0.15, 0.2) is 5.82 Å². The molecule has 2 rings (SSSR count). The van der Waals surface area contributed by atoms with Crippen LogP contribution in [-0.4, -0.2) is 54.1 Å². The summed E-state index contributed by atoms with van der Waals surface area (Å²) in [7, 11) is 3.46. The van der Waals surface area contributed by atoms with E-state index in [1.165, 1.54) is 0 Å². The van der Waals surface area contributed by atoms with Crippen LogP contribution in [0.5, 0.6) is 0 Å². The molecule has 0 saturated carbocycles. The average Bonchev–Trinajstić information content (AvgIpc) is 2.83. The number of carbonyl (C=O) groups is 2. The maximum absolute atomic E-state index is 12.1. The fraction of sp³-hybridized carbons (Fsp3) is 0.615. The molecule has 1 aliphatic heterocycles. The molecule has 1 saturated heterocycles. The third-order valence-corrected chi connectivity index (χ3v) is 3.40. The van der Waals surface area contributed by atoms with Gasteiger partial charge in [-0.2, -0.15) is 0 Å². The Bertz CT molecular complexity index is 490. The first-order valence-electron chi connectivity index (χ1n) is 6.68. The number of aromatic nitrogens is 1. The van der Waals surface area contributed by atoms with Crippen LogP contribution in [-0.2, 0) is 4.79 Å². The Labute approximate surface area is 117 Å². The predicted octanol–water partition coefficient (Wildman–Crippen LogP) is 1.32. The molecule has 7 heteroatoms. The number of urea groups is 1. The highest BCUT2D eigenvalue weighted by Gasteiger charge is 2.28. The molecule has 2 heterocycles. The van der Waals surface area contributed by atoms with E-state index in [9.17, 15) is 9.59 Å². The van der Waals surface area contributed by atoms with Crippen molar-refractivity contribution in [2.24, 2.45) is 5.92 Å². The highest BCUT2D eigenvalue weighted by atomic mass is 16.5. The molecule has 0 radical (unpaired) electrons. The van der Waals surface area contributed by atoms with Crippen LogP contribution in [0, 0.1) is 12.8 Å². The van der Waals surface area contributed by atoms with E-state index in [0.717, 1.165) is 0 Å². The quantitative estimate of drug-likeness (QED) is 0.886. The molecule has 0 unspecified atom stereocenters. The van der Waals surface area contributed by atoms with Gasteiger partial charge in [-0.3, -0.25) is 4.79 Å². The van der Waals surface area contributed by atoms with Gasteiger partial charge >= 0.3 is 6.03 Å². The fourth-order valence-corrected chi connectivity index (χ4v) is 2.27. The van der Waals surface area contributed by atoms with Crippen LogP contribution in [0.15, 0.2) is 10.6 Å². The third kappa shape index (κ3) is 3.28. The van der Waals surface area contributed by atoms with E-state index in [-0.39, 0.29) is 17.9 Å². The molecule has 1 aromatic rings. The molecule has 7 nitrogen and oxygen atoms in total. The normalized spacial score (nSPS) is 16.1. The second kappa shape index (κ2) is 5.94. The Hall–Kier alpha value is -2.05. The first kappa shape index (κ1) is 14.4. The minimum atomic E-state index is -0.0850. The van der Waals surface area contributed by atoms with Gasteiger partial charge in [-0.25, -0.2) is 4.79 Å². The maximum atomic E-state index is 12.1. The second-order valence-electron chi connectivity index (χ2n) is 5.25. The first-order valence-corrected chi connectivity index (χ1v) is 6.68. The molecule has 0 spiro atoms. The SMILES string of the molecule is Cc1cc(NC(=O)C2CCN(C(=O)N(C)C)CC2)no1. The molecule has 0 aliphatic carbocycles. The van der Waals surface area contributed by atoms with Crippen LogP contribution < -0.4 is 5.32 Å². The standard InChI is InChI=1S/C13H20N4O3/c1-9-8-11(15-20-9)14-12(18)10-4-6-17(7-5-10)13(19)16(2)3/h8,10H,4-7H2,1-3H3,(H,14,15,18). The lowest BCUT2D eigenvalue weighted by atomic mass is 9.96. The van der Waals surface area contributed by atoms with E-state index in [4.69, 9.17) is 4.52 Å². The van der Waals surface area contributed by atoms with Crippen LogP contribution in [0.1, 0.15) is 18.6 Å². The summed E-state index contributed by atoms with van der Waals surface area (Å²) in [4.78, 5) is 27.2. The minimum absolute atomic E-state index is 0.00372. The summed E-state index contributed by atoms with van der Waals surface area (Å²) >= 11 is 0. The number of piperidine rings is 1. The van der Waals surface area contributed by atoms with Gasteiger partial charge in [-0.05, 0) is 19.8 Å². The van der Waals surface area contributed by atoms with E-state index in [2.05, 4.69) is 10.5 Å². The minimum Gasteiger partial charge on any atom is -0.360 e. The number of amides is 3. The van der Waals surface area contributed by atoms with Crippen molar-refractivity contribution in [2.75, 3.05) is 32.5 Å². The van der Waals surface area contributed by atoms with Crippen molar-refractivity contribution in [3.63, 3.8) is 0 Å². The topological polar surface area (TPSA) is 78.7 Å². The van der Waals surface area contributed by atoms with Crippen molar-refractivity contribution in [2.45, 2.75) is 19.8 Å². The van der Waals surface area contributed by atoms with Gasteiger partial charge < -0.3 is 19.6 Å². The van der Waals surface area contributed by atoms with Gasteiger partial charge in [-0.15, -0.1) is 0 Å². The van der Waals surface area contributed by atoms with E-state index >= 15 is 0 Å². The second-order valence-corrected chi connectivity index (χ2v) is 5.25. The highest BCUT2D eigenvalue weighted by Crippen LogP contribution is 2.20. The number of rotatable bonds is 2. The van der Waals surface area contributed by atoms with Gasteiger partial charge in [0.05, 0.1) is 0 Å². The van der Waals surface area contributed by atoms with Gasteiger partial charge in [0.2, 0.25) is 5.91 Å². The Morgan fingerprint density at radius 1 is 1.40 bits per heavy atom. The van der Waals surface area contributed by atoms with Crippen molar-refractivity contribution >= 4 is 17.8 Å². The number of aryl methyl sites for hydroxylation is 1. The van der Waals surface area contributed by atoms with Gasteiger partial charge in [0.1, 0.15) is 5.76 Å². The fourth-order valence-electron chi connectivity index (χ4n) is 2.27. The van der Waals surface area contributed by atoms with Crippen molar-refractivity contribution in [3.05, 3.63) is 11.8 Å². The molecule has 1 aliphatic rings. The molecular formula is C13H20N4O3. The molecule has 0 aromatic carbocycles. The average molecular weight is 280 g/mol. The summed E-state index contributed by atoms with van der Waals surface area (Å²) in [6.45, 7) is 2.98. The van der Waals surface area contributed by atoms with E-state index in [0.29, 0.717) is 37.5 Å². The third-order valence-electron chi connectivity index (χ3n) is 3.40. The number of nitrogens with one attached hydrogen (secondary N) is 1. The highest BCUT2D eigenvalue weighted by molar-refractivity contribution is 5.91. The number of likely N-dealkylation sites (tertiary alicyclic amines) is 1. The van der Waals surface area contributed by atoms with Crippen LogP contribution in [0.2, 0.25) is 0 Å². The zero-order chi connectivity index (χ0) is 14.7. The monoisotopic (exact) mass is 280 g/mol. The zero-order valence-corrected chi connectivity index (χ0v) is 12.0. The lowest BCUT2D eigenvalue weighted by Gasteiger charge is -2.32. The first-order chi connectivity index (χ1) is 9.47. The summed E-state index contributed by atoms with van der Waals surface area (Å²) in [5.74, 6) is 0.958. The summed E-state index contributed by atoms with van der Waals surface area (Å²) in [5, 5.41) is 6.48. The molecule has 110 valence electrons. The van der Waals surface area contributed by atoms with Crippen molar-refractivity contribution < 1.29 is 14.1 Å². The van der Waals surface area contributed by atoms with Crippen LogP contribution in [0.4, 0.5) is 10.6 Å². The number of nitrogens with zero attached hydrogens (tertiary/aromatic N) is 3. The van der Waals surface area contributed by atoms with E-state index < -0.39 is 0 Å². The molecule has 1 N–H and O–H groups in total. The lowest BCUT2D eigenvalue weighted by Crippen LogP contribution is -2.45. The Kier molecular flexibility index (Phi) is 4.26. The van der Waals surface area contributed by atoms with E-state index in [1.807, 2.05) is 0 Å². The Morgan fingerprint density at radius 2 is 2.05 bits per heavy atom. The molecule has 1 aromatic heterocycles. The van der Waals surface area contributed by atoms with Crippen LogP contribution in [0.25, 0.3) is 0 Å². The summed E-state index contributed by atoms with van der Waals surface area (Å²) in [5.41, 5.74) is 0. The molecule has 0 atom stereocenters. The van der Waals surface area contributed by atoms with Crippen LogP contribution >= 0.6 is 0 Å². The molecule has 0 bridgehead atoms. The molecule has 20 heavy (non-hydrogen) atoms. The molecular weight excluding hydrogens is 260 g/mol. The molecule has 1 fully saturated rings. The van der Waals surface area contributed by atoms with Crippen molar-refractivity contribution in [3.8, 4) is 0 Å². The summed E-state index contributed by atoms with van der Waals surface area (Å²) in [6, 6.07) is 1.68.